The monoisotopic (exact) mass is 289 g/mol. The minimum atomic E-state index is 0.0195. The van der Waals surface area contributed by atoms with Gasteiger partial charge in [0.2, 0.25) is 0 Å². The molecule has 106 valence electrons. The van der Waals surface area contributed by atoms with Crippen LogP contribution in [0, 0.1) is 0 Å². The van der Waals surface area contributed by atoms with Crippen LogP contribution in [0.1, 0.15) is 17.7 Å². The largest absolute Gasteiger partial charge is 0.398 e. The van der Waals surface area contributed by atoms with E-state index in [-0.39, 0.29) is 5.56 Å². The van der Waals surface area contributed by atoms with Gasteiger partial charge in [0.25, 0.3) is 5.56 Å². The summed E-state index contributed by atoms with van der Waals surface area (Å²) in [6, 6.07) is 8.15. The van der Waals surface area contributed by atoms with Crippen LogP contribution in [0.4, 0.5) is 5.69 Å². The van der Waals surface area contributed by atoms with Gasteiger partial charge >= 0.3 is 0 Å². The maximum atomic E-state index is 11.8. The zero-order valence-electron chi connectivity index (χ0n) is 11.4. The molecule has 0 saturated heterocycles. The number of rotatable bonds is 6. The van der Waals surface area contributed by atoms with Crippen molar-refractivity contribution >= 4 is 17.0 Å². The van der Waals surface area contributed by atoms with Gasteiger partial charge in [-0.1, -0.05) is 6.07 Å². The molecule has 2 N–H and O–H groups in total. The molecule has 0 bridgehead atoms. The topological polar surface area (TPSA) is 51.3 Å². The highest BCUT2D eigenvalue weighted by atomic mass is 32.1. The lowest BCUT2D eigenvalue weighted by Crippen LogP contribution is -2.31. The van der Waals surface area contributed by atoms with E-state index in [1.54, 1.807) is 28.2 Å². The summed E-state index contributed by atoms with van der Waals surface area (Å²) in [7, 11) is 0. The molecule has 2 aromatic rings. The zero-order valence-corrected chi connectivity index (χ0v) is 12.2. The molecule has 0 aliphatic heterocycles. The molecule has 20 heavy (non-hydrogen) atoms. The third-order valence-corrected chi connectivity index (χ3v) is 4.50. The molecule has 1 aliphatic rings. The number of pyridine rings is 1. The van der Waals surface area contributed by atoms with Crippen molar-refractivity contribution in [3.63, 3.8) is 0 Å². The predicted molar refractivity (Wildman–Crippen MR) is 82.9 cm³/mol. The SMILES string of the molecule is Nc1ccc(=O)n(CCN(Cc2cccs2)C2CC2)c1. The van der Waals surface area contributed by atoms with Crippen molar-refractivity contribution in [1.82, 2.24) is 9.47 Å². The first-order valence-corrected chi connectivity index (χ1v) is 7.83. The number of nitrogens with zero attached hydrogens (tertiary/aromatic N) is 2. The predicted octanol–water partition coefficient (Wildman–Crippen LogP) is 2.16. The van der Waals surface area contributed by atoms with Crippen molar-refractivity contribution in [3.8, 4) is 0 Å². The third kappa shape index (κ3) is 3.29. The average Bonchev–Trinajstić information content (AvgIpc) is 3.16. The van der Waals surface area contributed by atoms with Gasteiger partial charge in [0, 0.05) is 48.5 Å². The summed E-state index contributed by atoms with van der Waals surface area (Å²) in [4.78, 5) is 15.6. The molecule has 0 atom stereocenters. The van der Waals surface area contributed by atoms with Gasteiger partial charge in [-0.3, -0.25) is 9.69 Å². The second-order valence-corrected chi connectivity index (χ2v) is 6.31. The van der Waals surface area contributed by atoms with E-state index in [2.05, 4.69) is 22.4 Å². The van der Waals surface area contributed by atoms with Gasteiger partial charge in [0.1, 0.15) is 0 Å². The Morgan fingerprint density at radius 3 is 2.90 bits per heavy atom. The first kappa shape index (κ1) is 13.4. The Morgan fingerprint density at radius 1 is 1.35 bits per heavy atom. The van der Waals surface area contributed by atoms with Gasteiger partial charge in [0.15, 0.2) is 0 Å². The maximum Gasteiger partial charge on any atom is 0.250 e. The van der Waals surface area contributed by atoms with E-state index < -0.39 is 0 Å². The number of thiophene rings is 1. The molecule has 0 spiro atoms. The maximum absolute atomic E-state index is 11.8. The molecule has 2 aromatic heterocycles. The molecular formula is C15H19N3OS. The minimum Gasteiger partial charge on any atom is -0.398 e. The van der Waals surface area contributed by atoms with E-state index in [0.717, 1.165) is 13.1 Å². The first-order chi connectivity index (χ1) is 9.72. The quantitative estimate of drug-likeness (QED) is 0.886. The number of aromatic nitrogens is 1. The standard InChI is InChI=1S/C15H19N3OS/c16-12-3-6-15(19)18(10-12)8-7-17(13-4-5-13)11-14-2-1-9-20-14/h1-3,6,9-10,13H,4-5,7-8,11,16H2. The van der Waals surface area contributed by atoms with Crippen molar-refractivity contribution in [2.24, 2.45) is 0 Å². The number of anilines is 1. The fourth-order valence-electron chi connectivity index (χ4n) is 2.39. The summed E-state index contributed by atoms with van der Waals surface area (Å²) in [5, 5.41) is 2.11. The molecular weight excluding hydrogens is 270 g/mol. The van der Waals surface area contributed by atoms with Crippen LogP contribution in [-0.4, -0.2) is 22.1 Å². The lowest BCUT2D eigenvalue weighted by Gasteiger charge is -2.21. The van der Waals surface area contributed by atoms with Crippen LogP contribution in [0.15, 0.2) is 40.6 Å². The van der Waals surface area contributed by atoms with Crippen LogP contribution in [-0.2, 0) is 13.1 Å². The third-order valence-electron chi connectivity index (χ3n) is 3.64. The van der Waals surface area contributed by atoms with Crippen LogP contribution in [0.25, 0.3) is 0 Å². The molecule has 0 aromatic carbocycles. The summed E-state index contributed by atoms with van der Waals surface area (Å²) >= 11 is 1.79. The lowest BCUT2D eigenvalue weighted by molar-refractivity contribution is 0.245. The lowest BCUT2D eigenvalue weighted by atomic mass is 10.3. The van der Waals surface area contributed by atoms with Crippen LogP contribution in [0.3, 0.4) is 0 Å². The number of hydrogen-bond donors (Lipinski definition) is 1. The van der Waals surface area contributed by atoms with Crippen LogP contribution in [0.2, 0.25) is 0 Å². The van der Waals surface area contributed by atoms with Crippen LogP contribution < -0.4 is 11.3 Å². The van der Waals surface area contributed by atoms with Gasteiger partial charge in [-0.05, 0) is 30.4 Å². The van der Waals surface area contributed by atoms with Gasteiger partial charge in [-0.2, -0.15) is 0 Å². The average molecular weight is 289 g/mol. The number of nitrogen functional groups attached to an aromatic ring is 1. The Bertz CT molecular complexity index is 616. The summed E-state index contributed by atoms with van der Waals surface area (Å²) in [5.41, 5.74) is 6.40. The molecule has 0 unspecified atom stereocenters. The fraction of sp³-hybridized carbons (Fsp3) is 0.400. The highest BCUT2D eigenvalue weighted by molar-refractivity contribution is 7.09. The van der Waals surface area contributed by atoms with E-state index in [9.17, 15) is 4.79 Å². The second kappa shape index (κ2) is 5.81. The Labute approximate surface area is 122 Å². The summed E-state index contributed by atoms with van der Waals surface area (Å²) < 4.78 is 1.71. The van der Waals surface area contributed by atoms with Crippen molar-refractivity contribution in [3.05, 3.63) is 51.1 Å². The number of nitrogens with two attached hydrogens (primary N) is 1. The Morgan fingerprint density at radius 2 is 2.20 bits per heavy atom. The van der Waals surface area contributed by atoms with Crippen molar-refractivity contribution in [2.75, 3.05) is 12.3 Å². The highest BCUT2D eigenvalue weighted by Gasteiger charge is 2.28. The van der Waals surface area contributed by atoms with E-state index in [1.807, 2.05) is 0 Å². The zero-order chi connectivity index (χ0) is 13.9. The Hall–Kier alpha value is -1.59. The molecule has 2 heterocycles. The first-order valence-electron chi connectivity index (χ1n) is 6.95. The molecule has 5 heteroatoms. The highest BCUT2D eigenvalue weighted by Crippen LogP contribution is 2.28. The smallest absolute Gasteiger partial charge is 0.250 e. The van der Waals surface area contributed by atoms with E-state index in [1.165, 1.54) is 23.8 Å². The summed E-state index contributed by atoms with van der Waals surface area (Å²) in [6.45, 7) is 2.58. The van der Waals surface area contributed by atoms with E-state index >= 15 is 0 Å². The number of hydrogen-bond acceptors (Lipinski definition) is 4. The normalized spacial score (nSPS) is 14.8. The van der Waals surface area contributed by atoms with Gasteiger partial charge in [-0.25, -0.2) is 0 Å². The molecule has 3 rings (SSSR count). The minimum absolute atomic E-state index is 0.0195. The van der Waals surface area contributed by atoms with Crippen LogP contribution in [0.5, 0.6) is 0 Å². The second-order valence-electron chi connectivity index (χ2n) is 5.28. The fourth-order valence-corrected chi connectivity index (χ4v) is 3.12. The summed E-state index contributed by atoms with van der Waals surface area (Å²) in [5.74, 6) is 0. The molecule has 1 fully saturated rings. The van der Waals surface area contributed by atoms with Gasteiger partial charge in [0.05, 0.1) is 0 Å². The van der Waals surface area contributed by atoms with Crippen molar-refractivity contribution in [1.29, 1.82) is 0 Å². The molecule has 4 nitrogen and oxygen atoms in total. The molecule has 0 amide bonds. The van der Waals surface area contributed by atoms with Gasteiger partial charge < -0.3 is 10.3 Å². The summed E-state index contributed by atoms with van der Waals surface area (Å²) in [6.07, 6.45) is 4.28. The molecule has 1 aliphatic carbocycles. The van der Waals surface area contributed by atoms with Gasteiger partial charge in [-0.15, -0.1) is 11.3 Å². The molecule has 0 radical (unpaired) electrons. The Balaban J connectivity index is 1.65. The Kier molecular flexibility index (Phi) is 3.89. The van der Waals surface area contributed by atoms with Crippen molar-refractivity contribution in [2.45, 2.75) is 32.0 Å². The molecule has 1 saturated carbocycles. The van der Waals surface area contributed by atoms with E-state index in [0.29, 0.717) is 18.3 Å². The van der Waals surface area contributed by atoms with Crippen molar-refractivity contribution < 1.29 is 0 Å². The van der Waals surface area contributed by atoms with Crippen LogP contribution >= 0.6 is 11.3 Å². The van der Waals surface area contributed by atoms with E-state index in [4.69, 9.17) is 5.73 Å².